The van der Waals surface area contributed by atoms with Crippen molar-refractivity contribution in [2.24, 2.45) is 0 Å². The monoisotopic (exact) mass is 536 g/mol. The summed E-state index contributed by atoms with van der Waals surface area (Å²) >= 11 is 0. The summed E-state index contributed by atoms with van der Waals surface area (Å²) in [5.41, 5.74) is 0.417. The molecule has 0 unspecified atom stereocenters. The Hall–Kier alpha value is -4.12. The number of fused-ring (bicyclic) bond motifs is 5. The van der Waals surface area contributed by atoms with E-state index in [4.69, 9.17) is 23.4 Å². The second-order valence-electron chi connectivity index (χ2n) is 9.44. The Labute approximate surface area is 222 Å². The van der Waals surface area contributed by atoms with Crippen molar-refractivity contribution >= 4 is 44.6 Å². The van der Waals surface area contributed by atoms with Crippen molar-refractivity contribution in [3.05, 3.63) is 58.5 Å². The number of aliphatic hydroxyl groups excluding tert-OH is 2. The molecule has 0 saturated carbocycles. The van der Waals surface area contributed by atoms with Crippen LogP contribution in [0, 0.1) is 0 Å². The standard InChI is InChI=1S/C29H28O10/c1-6-14-9-17-21(19(10-14)35-4)16-11-20(36-5)23-18(31)8-7-15(22(23)26(16)39-29(17)34)27-28(38-13(3)30)25(33)24(32)12(2)37-27/h6-12,24-25,27-28,31-33H,1H2,2-5H3/t12-,24+,25+,27+,28-/m1/s1. The SMILES string of the molecule is C=Cc1cc(OC)c2c(c1)c(=O)oc1c2cc(OC)c2c(O)ccc([C@@H]3O[C@H](C)[C@H](O)[C@H](O)[C@H]3OC(C)=O)c21. The van der Waals surface area contributed by atoms with Gasteiger partial charge in [0, 0.05) is 23.1 Å². The molecule has 3 N–H and O–H groups in total. The number of hydrogen-bond acceptors (Lipinski definition) is 10. The van der Waals surface area contributed by atoms with E-state index in [9.17, 15) is 24.9 Å². The van der Waals surface area contributed by atoms with Gasteiger partial charge in [-0.2, -0.15) is 0 Å². The van der Waals surface area contributed by atoms with Crippen molar-refractivity contribution in [1.82, 2.24) is 0 Å². The van der Waals surface area contributed by atoms with Crippen LogP contribution in [0.3, 0.4) is 0 Å². The second-order valence-corrected chi connectivity index (χ2v) is 9.44. The van der Waals surface area contributed by atoms with Gasteiger partial charge in [-0.1, -0.05) is 18.7 Å². The molecule has 5 atom stereocenters. The maximum atomic E-state index is 13.3. The lowest BCUT2D eigenvalue weighted by molar-refractivity contribution is -0.230. The summed E-state index contributed by atoms with van der Waals surface area (Å²) in [5, 5.41) is 33.8. The van der Waals surface area contributed by atoms with Gasteiger partial charge in [0.1, 0.15) is 41.1 Å². The highest BCUT2D eigenvalue weighted by Crippen LogP contribution is 2.47. The van der Waals surface area contributed by atoms with Crippen molar-refractivity contribution in [3.8, 4) is 17.2 Å². The van der Waals surface area contributed by atoms with E-state index >= 15 is 0 Å². The van der Waals surface area contributed by atoms with Crippen molar-refractivity contribution < 1.29 is 43.5 Å². The second kappa shape index (κ2) is 9.88. The summed E-state index contributed by atoms with van der Waals surface area (Å²) in [6, 6.07) is 7.93. The summed E-state index contributed by atoms with van der Waals surface area (Å²) in [5.74, 6) is -0.212. The van der Waals surface area contributed by atoms with Crippen LogP contribution in [0.15, 0.2) is 46.1 Å². The van der Waals surface area contributed by atoms with Crippen molar-refractivity contribution in [3.63, 3.8) is 0 Å². The fourth-order valence-electron chi connectivity index (χ4n) is 5.31. The lowest BCUT2D eigenvalue weighted by atomic mass is 9.87. The van der Waals surface area contributed by atoms with E-state index in [1.54, 1.807) is 31.2 Å². The molecule has 0 spiro atoms. The molecule has 0 amide bonds. The first-order valence-electron chi connectivity index (χ1n) is 12.2. The summed E-state index contributed by atoms with van der Waals surface area (Å²) in [4.78, 5) is 25.3. The van der Waals surface area contributed by atoms with Crippen LogP contribution in [0.25, 0.3) is 38.6 Å². The number of esters is 1. The molecule has 0 bridgehead atoms. The average Bonchev–Trinajstić information content (AvgIpc) is 2.92. The normalized spacial score (nSPS) is 23.2. The Morgan fingerprint density at radius 3 is 2.33 bits per heavy atom. The maximum absolute atomic E-state index is 13.3. The first-order chi connectivity index (χ1) is 18.6. The number of rotatable bonds is 5. The van der Waals surface area contributed by atoms with Crippen LogP contribution in [0.4, 0.5) is 0 Å². The predicted octanol–water partition coefficient (Wildman–Crippen LogP) is 3.58. The lowest BCUT2D eigenvalue weighted by Gasteiger charge is -2.41. The number of carbonyl (C=O) groups is 1. The number of aliphatic hydroxyl groups is 2. The molecular formula is C29H28O10. The Bertz CT molecular complexity index is 1690. The number of methoxy groups -OCH3 is 2. The number of ether oxygens (including phenoxy) is 4. The van der Waals surface area contributed by atoms with E-state index in [-0.39, 0.29) is 33.2 Å². The van der Waals surface area contributed by atoms with Crippen LogP contribution in [0.2, 0.25) is 0 Å². The molecule has 10 heteroatoms. The van der Waals surface area contributed by atoms with Gasteiger partial charge in [-0.25, -0.2) is 4.79 Å². The zero-order chi connectivity index (χ0) is 28.2. The molecule has 3 aromatic carbocycles. The molecule has 1 saturated heterocycles. The van der Waals surface area contributed by atoms with Gasteiger partial charge >= 0.3 is 11.6 Å². The Morgan fingerprint density at radius 1 is 1.00 bits per heavy atom. The van der Waals surface area contributed by atoms with Gasteiger partial charge in [0.2, 0.25) is 0 Å². The first kappa shape index (κ1) is 26.5. The van der Waals surface area contributed by atoms with E-state index in [1.165, 1.54) is 33.3 Å². The van der Waals surface area contributed by atoms with Crippen LogP contribution >= 0.6 is 0 Å². The minimum Gasteiger partial charge on any atom is -0.507 e. The molecule has 1 aliphatic rings. The number of benzene rings is 3. The largest absolute Gasteiger partial charge is 0.507 e. The minimum absolute atomic E-state index is 0.0947. The zero-order valence-corrected chi connectivity index (χ0v) is 21.8. The van der Waals surface area contributed by atoms with Crippen LogP contribution in [0.5, 0.6) is 17.2 Å². The fourth-order valence-corrected chi connectivity index (χ4v) is 5.31. The summed E-state index contributed by atoms with van der Waals surface area (Å²) in [7, 11) is 2.91. The van der Waals surface area contributed by atoms with E-state index in [0.717, 1.165) is 0 Å². The summed E-state index contributed by atoms with van der Waals surface area (Å²) in [6.07, 6.45) is -4.48. The fraction of sp³-hybridized carbons (Fsp3) is 0.310. The maximum Gasteiger partial charge on any atom is 0.344 e. The Kier molecular flexibility index (Phi) is 6.71. The quantitative estimate of drug-likeness (QED) is 0.197. The van der Waals surface area contributed by atoms with Crippen molar-refractivity contribution in [2.45, 2.75) is 44.4 Å². The minimum atomic E-state index is -1.48. The van der Waals surface area contributed by atoms with Gasteiger partial charge in [-0.3, -0.25) is 4.79 Å². The molecule has 1 fully saturated rings. The first-order valence-corrected chi connectivity index (χ1v) is 12.2. The molecule has 0 aliphatic carbocycles. The molecule has 0 radical (unpaired) electrons. The number of hydrogen-bond donors (Lipinski definition) is 3. The van der Waals surface area contributed by atoms with Gasteiger partial charge in [0.25, 0.3) is 0 Å². The van der Waals surface area contributed by atoms with E-state index in [2.05, 4.69) is 6.58 Å². The van der Waals surface area contributed by atoms with Gasteiger partial charge in [-0.15, -0.1) is 0 Å². The zero-order valence-electron chi connectivity index (χ0n) is 21.8. The average molecular weight is 537 g/mol. The number of phenols is 1. The van der Waals surface area contributed by atoms with Crippen LogP contribution in [-0.2, 0) is 14.3 Å². The number of aromatic hydroxyl groups is 1. The molecule has 1 aromatic heterocycles. The summed E-state index contributed by atoms with van der Waals surface area (Å²) < 4.78 is 28.6. The molecular weight excluding hydrogens is 508 g/mol. The Morgan fingerprint density at radius 2 is 1.69 bits per heavy atom. The highest BCUT2D eigenvalue weighted by molar-refractivity contribution is 6.19. The topological polar surface area (TPSA) is 145 Å². The van der Waals surface area contributed by atoms with Crippen LogP contribution in [-0.4, -0.2) is 59.9 Å². The number of carbonyl (C=O) groups excluding carboxylic acids is 1. The molecule has 10 nitrogen and oxygen atoms in total. The van der Waals surface area contributed by atoms with Gasteiger partial charge in [0.15, 0.2) is 6.10 Å². The van der Waals surface area contributed by atoms with Gasteiger partial charge in [0.05, 0.1) is 31.1 Å². The molecule has 204 valence electrons. The van der Waals surface area contributed by atoms with Crippen LogP contribution < -0.4 is 15.1 Å². The van der Waals surface area contributed by atoms with E-state index < -0.39 is 42.1 Å². The molecule has 5 rings (SSSR count). The number of phenolic OH excluding ortho intramolecular Hbond substituents is 1. The van der Waals surface area contributed by atoms with Crippen LogP contribution in [0.1, 0.15) is 31.1 Å². The van der Waals surface area contributed by atoms with Gasteiger partial charge < -0.3 is 38.7 Å². The molecule has 1 aliphatic heterocycles. The smallest absolute Gasteiger partial charge is 0.344 e. The summed E-state index contributed by atoms with van der Waals surface area (Å²) in [6.45, 7) is 6.52. The Balaban J connectivity index is 1.95. The molecule has 4 aromatic rings. The predicted molar refractivity (Wildman–Crippen MR) is 143 cm³/mol. The highest BCUT2D eigenvalue weighted by atomic mass is 16.6. The third-order valence-electron chi connectivity index (χ3n) is 7.13. The molecule has 39 heavy (non-hydrogen) atoms. The van der Waals surface area contributed by atoms with Crippen molar-refractivity contribution in [1.29, 1.82) is 0 Å². The third-order valence-corrected chi connectivity index (χ3v) is 7.13. The van der Waals surface area contributed by atoms with Crippen molar-refractivity contribution in [2.75, 3.05) is 14.2 Å². The van der Waals surface area contributed by atoms with E-state index in [1.807, 2.05) is 0 Å². The highest BCUT2D eigenvalue weighted by Gasteiger charge is 2.46. The van der Waals surface area contributed by atoms with E-state index in [0.29, 0.717) is 27.6 Å². The van der Waals surface area contributed by atoms with Gasteiger partial charge in [-0.05, 0) is 42.3 Å². The molecule has 2 heterocycles. The third kappa shape index (κ3) is 4.17. The lowest BCUT2D eigenvalue weighted by Crippen LogP contribution is -2.54.